The summed E-state index contributed by atoms with van der Waals surface area (Å²) in [5, 5.41) is 12.5. The number of hydrogen-bond donors (Lipinski definition) is 2. The molecule has 170 valence electrons. The lowest BCUT2D eigenvalue weighted by molar-refractivity contribution is -0.121. The highest BCUT2D eigenvalue weighted by molar-refractivity contribution is 5.75. The van der Waals surface area contributed by atoms with Gasteiger partial charge >= 0.3 is 0 Å². The van der Waals surface area contributed by atoms with Crippen LogP contribution >= 0.6 is 0 Å². The van der Waals surface area contributed by atoms with Crippen molar-refractivity contribution < 1.29 is 14.6 Å². The minimum Gasteiger partial charge on any atom is -0.504 e. The maximum atomic E-state index is 12.0. The van der Waals surface area contributed by atoms with Gasteiger partial charge < -0.3 is 15.2 Å². The fraction of sp³-hybridized carbons (Fsp3) is 0.654. The van der Waals surface area contributed by atoms with E-state index in [2.05, 4.69) is 24.4 Å². The molecule has 4 heteroatoms. The van der Waals surface area contributed by atoms with Crippen molar-refractivity contribution in [1.82, 2.24) is 5.32 Å². The fourth-order valence-electron chi connectivity index (χ4n) is 3.48. The molecule has 30 heavy (non-hydrogen) atoms. The molecule has 0 atom stereocenters. The summed E-state index contributed by atoms with van der Waals surface area (Å²) in [7, 11) is 1.52. The van der Waals surface area contributed by atoms with Gasteiger partial charge in [0.1, 0.15) is 0 Å². The van der Waals surface area contributed by atoms with E-state index in [1.54, 1.807) is 18.2 Å². The molecule has 1 rings (SSSR count). The Morgan fingerprint density at radius 1 is 0.933 bits per heavy atom. The zero-order chi connectivity index (χ0) is 21.9. The van der Waals surface area contributed by atoms with E-state index in [4.69, 9.17) is 4.74 Å². The SMILES string of the molecule is CCCCCCC/C=C\CCCCCCCCC(=O)NCc1ccc(O)c(OC)c1. The molecular formula is C26H43NO3. The summed E-state index contributed by atoms with van der Waals surface area (Å²) in [6.45, 7) is 2.72. The number of allylic oxidation sites excluding steroid dienone is 2. The van der Waals surface area contributed by atoms with Gasteiger partial charge in [-0.25, -0.2) is 0 Å². The molecule has 0 saturated carbocycles. The number of phenolic OH excluding ortho intramolecular Hbond substituents is 1. The van der Waals surface area contributed by atoms with Crippen LogP contribution in [0.5, 0.6) is 11.5 Å². The van der Waals surface area contributed by atoms with E-state index in [0.29, 0.717) is 18.7 Å². The van der Waals surface area contributed by atoms with Gasteiger partial charge in [0.05, 0.1) is 7.11 Å². The summed E-state index contributed by atoms with van der Waals surface area (Å²) in [5.74, 6) is 0.628. The van der Waals surface area contributed by atoms with Gasteiger partial charge in [-0.2, -0.15) is 0 Å². The molecule has 0 aliphatic rings. The Bertz CT molecular complexity index is 598. The van der Waals surface area contributed by atoms with Crippen molar-refractivity contribution in [3.63, 3.8) is 0 Å². The maximum absolute atomic E-state index is 12.0. The molecule has 0 radical (unpaired) electrons. The van der Waals surface area contributed by atoms with Crippen LogP contribution in [0.3, 0.4) is 0 Å². The van der Waals surface area contributed by atoms with Crippen LogP contribution in [0.15, 0.2) is 30.4 Å². The number of phenols is 1. The van der Waals surface area contributed by atoms with Gasteiger partial charge in [0.25, 0.3) is 0 Å². The molecule has 1 aromatic carbocycles. The van der Waals surface area contributed by atoms with Crippen LogP contribution in [0, 0.1) is 0 Å². The molecule has 0 bridgehead atoms. The van der Waals surface area contributed by atoms with Crippen molar-refractivity contribution in [2.45, 2.75) is 103 Å². The third-order valence-corrected chi connectivity index (χ3v) is 5.40. The standard InChI is InChI=1S/C26H43NO3/c1-3-4-5-6-7-8-9-10-11-12-13-14-15-16-17-18-26(29)27-22-23-19-20-24(28)25(21-23)30-2/h9-10,19-21,28H,3-8,11-18,22H2,1-2H3,(H,27,29)/b10-9-. The second-order valence-electron chi connectivity index (χ2n) is 8.12. The van der Waals surface area contributed by atoms with Gasteiger partial charge in [0.2, 0.25) is 5.91 Å². The lowest BCUT2D eigenvalue weighted by atomic mass is 10.1. The first-order valence-electron chi connectivity index (χ1n) is 11.9. The van der Waals surface area contributed by atoms with E-state index in [0.717, 1.165) is 18.4 Å². The molecular weight excluding hydrogens is 374 g/mol. The lowest BCUT2D eigenvalue weighted by Crippen LogP contribution is -2.22. The quantitative estimate of drug-likeness (QED) is 0.199. The van der Waals surface area contributed by atoms with E-state index in [-0.39, 0.29) is 11.7 Å². The predicted octanol–water partition coefficient (Wildman–Crippen LogP) is 7.05. The number of unbranched alkanes of at least 4 members (excludes halogenated alkanes) is 11. The molecule has 0 aliphatic carbocycles. The smallest absolute Gasteiger partial charge is 0.220 e. The van der Waals surface area contributed by atoms with Crippen LogP contribution < -0.4 is 10.1 Å². The normalized spacial score (nSPS) is 11.1. The summed E-state index contributed by atoms with van der Waals surface area (Å²) < 4.78 is 5.09. The number of nitrogens with one attached hydrogen (secondary N) is 1. The zero-order valence-electron chi connectivity index (χ0n) is 19.3. The van der Waals surface area contributed by atoms with Gasteiger partial charge in [-0.1, -0.05) is 76.5 Å². The first kappa shape index (κ1) is 26.1. The summed E-state index contributed by atoms with van der Waals surface area (Å²) in [5.41, 5.74) is 0.920. The Balaban J connectivity index is 1.92. The Morgan fingerprint density at radius 3 is 2.17 bits per heavy atom. The van der Waals surface area contributed by atoms with Gasteiger partial charge in [-0.3, -0.25) is 4.79 Å². The number of carbonyl (C=O) groups excluding carboxylic acids is 1. The van der Waals surface area contributed by atoms with Crippen LogP contribution in [0.25, 0.3) is 0 Å². The Morgan fingerprint density at radius 2 is 1.53 bits per heavy atom. The molecule has 0 heterocycles. The second-order valence-corrected chi connectivity index (χ2v) is 8.12. The number of rotatable bonds is 18. The monoisotopic (exact) mass is 417 g/mol. The van der Waals surface area contributed by atoms with Gasteiger partial charge in [-0.05, 0) is 49.8 Å². The van der Waals surface area contributed by atoms with Crippen LogP contribution in [-0.4, -0.2) is 18.1 Å². The lowest BCUT2D eigenvalue weighted by Gasteiger charge is -2.08. The minimum absolute atomic E-state index is 0.0851. The molecule has 1 aromatic rings. The largest absolute Gasteiger partial charge is 0.504 e. The Hall–Kier alpha value is -1.97. The highest BCUT2D eigenvalue weighted by Crippen LogP contribution is 2.26. The summed E-state index contributed by atoms with van der Waals surface area (Å²) in [6.07, 6.45) is 21.7. The van der Waals surface area contributed by atoms with Crippen LogP contribution in [0.4, 0.5) is 0 Å². The van der Waals surface area contributed by atoms with Crippen molar-refractivity contribution in [1.29, 1.82) is 0 Å². The maximum Gasteiger partial charge on any atom is 0.220 e. The van der Waals surface area contributed by atoms with Gasteiger partial charge in [-0.15, -0.1) is 0 Å². The topological polar surface area (TPSA) is 58.6 Å². The van der Waals surface area contributed by atoms with E-state index < -0.39 is 0 Å². The summed E-state index contributed by atoms with van der Waals surface area (Å²) in [6, 6.07) is 5.13. The number of hydrogen-bond acceptors (Lipinski definition) is 3. The van der Waals surface area contributed by atoms with Crippen molar-refractivity contribution in [3.05, 3.63) is 35.9 Å². The van der Waals surface area contributed by atoms with E-state index >= 15 is 0 Å². The van der Waals surface area contributed by atoms with Gasteiger partial charge in [0, 0.05) is 13.0 Å². The zero-order valence-corrected chi connectivity index (χ0v) is 19.3. The average Bonchev–Trinajstić information content (AvgIpc) is 2.75. The molecule has 0 aliphatic heterocycles. The molecule has 1 amide bonds. The molecule has 2 N–H and O–H groups in total. The Kier molecular flexibility index (Phi) is 15.5. The predicted molar refractivity (Wildman–Crippen MR) is 126 cm³/mol. The fourth-order valence-corrected chi connectivity index (χ4v) is 3.48. The number of aromatic hydroxyl groups is 1. The third kappa shape index (κ3) is 13.3. The van der Waals surface area contributed by atoms with Crippen LogP contribution in [0.2, 0.25) is 0 Å². The number of methoxy groups -OCH3 is 1. The molecule has 0 saturated heterocycles. The molecule has 0 unspecified atom stereocenters. The highest BCUT2D eigenvalue weighted by Gasteiger charge is 2.05. The number of ether oxygens (including phenoxy) is 1. The molecule has 4 nitrogen and oxygen atoms in total. The van der Waals surface area contributed by atoms with Crippen LogP contribution in [-0.2, 0) is 11.3 Å². The average molecular weight is 418 g/mol. The summed E-state index contributed by atoms with van der Waals surface area (Å²) >= 11 is 0. The first-order valence-corrected chi connectivity index (χ1v) is 11.9. The van der Waals surface area contributed by atoms with E-state index in [9.17, 15) is 9.90 Å². The van der Waals surface area contributed by atoms with Crippen LogP contribution in [0.1, 0.15) is 102 Å². The Labute approximate surface area is 184 Å². The number of benzene rings is 1. The van der Waals surface area contributed by atoms with E-state index in [1.165, 1.54) is 77.7 Å². The molecule has 0 fully saturated rings. The van der Waals surface area contributed by atoms with E-state index in [1.807, 2.05) is 0 Å². The first-order chi connectivity index (χ1) is 14.7. The number of carbonyl (C=O) groups is 1. The van der Waals surface area contributed by atoms with Crippen molar-refractivity contribution in [3.8, 4) is 11.5 Å². The summed E-state index contributed by atoms with van der Waals surface area (Å²) in [4.78, 5) is 12.0. The van der Waals surface area contributed by atoms with Crippen molar-refractivity contribution in [2.24, 2.45) is 0 Å². The third-order valence-electron chi connectivity index (χ3n) is 5.40. The highest BCUT2D eigenvalue weighted by atomic mass is 16.5. The molecule has 0 spiro atoms. The minimum atomic E-state index is 0.0851. The second kappa shape index (κ2) is 17.9. The van der Waals surface area contributed by atoms with Gasteiger partial charge in [0.15, 0.2) is 11.5 Å². The molecule has 0 aromatic heterocycles. The number of amides is 1. The van der Waals surface area contributed by atoms with Crippen molar-refractivity contribution >= 4 is 5.91 Å². The van der Waals surface area contributed by atoms with Crippen molar-refractivity contribution in [2.75, 3.05) is 7.11 Å².